The van der Waals surface area contributed by atoms with Crippen molar-refractivity contribution in [2.24, 2.45) is 7.05 Å². The number of H-pyrrole nitrogens is 1. The van der Waals surface area contributed by atoms with Crippen LogP contribution in [0, 0.1) is 0 Å². The molecule has 20 heteroatoms. The van der Waals surface area contributed by atoms with Crippen LogP contribution in [-0.4, -0.2) is 111 Å². The summed E-state index contributed by atoms with van der Waals surface area (Å²) in [6, 6.07) is 14.5. The lowest BCUT2D eigenvalue weighted by Gasteiger charge is -2.37. The second kappa shape index (κ2) is 19.6. The molecule has 8 rings (SSSR count). The number of fused-ring (bicyclic) bond motifs is 3. The minimum Gasteiger partial charge on any atom is -0.493 e. The number of ether oxygens (including phenoxy) is 5. The monoisotopic (exact) mass is 903 g/mol. The normalized spacial score (nSPS) is 17.9. The lowest BCUT2D eigenvalue weighted by Crippen LogP contribution is -2.53. The van der Waals surface area contributed by atoms with Crippen LogP contribution < -0.4 is 30.3 Å². The predicted molar refractivity (Wildman–Crippen MR) is 242 cm³/mol. The molecule has 344 valence electrons. The molecule has 5 aromatic rings. The molecule has 0 bridgehead atoms. The van der Waals surface area contributed by atoms with Crippen molar-refractivity contribution in [1.82, 2.24) is 24.4 Å². The third kappa shape index (κ3) is 9.83. The number of aryl methyl sites for hydroxylation is 1. The van der Waals surface area contributed by atoms with E-state index in [-0.39, 0.29) is 72.9 Å². The quantitative estimate of drug-likeness (QED) is 0.0532. The van der Waals surface area contributed by atoms with Crippen LogP contribution in [0.1, 0.15) is 59.5 Å². The van der Waals surface area contributed by atoms with Crippen LogP contribution in [0.5, 0.6) is 11.5 Å². The Hall–Kier alpha value is -7.71. The number of methoxy groups -OCH3 is 1. The van der Waals surface area contributed by atoms with Gasteiger partial charge < -0.3 is 53.9 Å². The van der Waals surface area contributed by atoms with Crippen LogP contribution in [0.15, 0.2) is 85.6 Å². The zero-order chi connectivity index (χ0) is 46.5. The van der Waals surface area contributed by atoms with E-state index in [1.807, 2.05) is 0 Å². The lowest BCUT2D eigenvalue weighted by molar-refractivity contribution is -0.195. The van der Waals surface area contributed by atoms with E-state index in [0.29, 0.717) is 47.7 Å². The molecule has 2 saturated heterocycles. The summed E-state index contributed by atoms with van der Waals surface area (Å²) in [6.07, 6.45) is 2.30. The summed E-state index contributed by atoms with van der Waals surface area (Å²) >= 11 is 0. The average molecular weight is 904 g/mol. The SMILES string of the molecule is C=CCOC(=O)Nc1ccc2nc(-c3ccc(NC(=O)c4nc(NC(=O)CCCOc5cc6c(cc5OC)C(=O)N5CC(=C)CC5C(OC5CCCCO5)N6C(=O)O)cn4C)cc3)[nH]c2c1. The van der Waals surface area contributed by atoms with Crippen LogP contribution in [0.3, 0.4) is 0 Å². The summed E-state index contributed by atoms with van der Waals surface area (Å²) in [4.78, 5) is 80.0. The van der Waals surface area contributed by atoms with Crippen molar-refractivity contribution in [3.63, 3.8) is 0 Å². The Morgan fingerprint density at radius 3 is 2.56 bits per heavy atom. The van der Waals surface area contributed by atoms with Crippen molar-refractivity contribution in [2.75, 3.05) is 54.3 Å². The minimum absolute atomic E-state index is 0.0172. The van der Waals surface area contributed by atoms with E-state index >= 15 is 0 Å². The van der Waals surface area contributed by atoms with E-state index in [4.69, 9.17) is 23.7 Å². The van der Waals surface area contributed by atoms with E-state index in [2.05, 4.69) is 44.1 Å². The van der Waals surface area contributed by atoms with E-state index < -0.39 is 42.6 Å². The van der Waals surface area contributed by atoms with Crippen molar-refractivity contribution in [1.29, 1.82) is 0 Å². The van der Waals surface area contributed by atoms with Gasteiger partial charge in [0.1, 0.15) is 12.4 Å². The molecular weight excluding hydrogens is 855 g/mol. The fourth-order valence-corrected chi connectivity index (χ4v) is 8.07. The lowest BCUT2D eigenvalue weighted by atomic mass is 10.1. The molecule has 3 aromatic carbocycles. The van der Waals surface area contributed by atoms with Gasteiger partial charge in [0.15, 0.2) is 29.8 Å². The van der Waals surface area contributed by atoms with Gasteiger partial charge >= 0.3 is 12.2 Å². The van der Waals surface area contributed by atoms with Crippen molar-refractivity contribution in [3.05, 3.63) is 97.0 Å². The van der Waals surface area contributed by atoms with E-state index in [0.717, 1.165) is 28.9 Å². The van der Waals surface area contributed by atoms with Gasteiger partial charge in [-0.1, -0.05) is 24.8 Å². The average Bonchev–Trinajstić information content (AvgIpc) is 4.01. The van der Waals surface area contributed by atoms with Gasteiger partial charge in [0, 0.05) is 55.8 Å². The first-order valence-corrected chi connectivity index (χ1v) is 21.3. The fourth-order valence-electron chi connectivity index (χ4n) is 8.07. The zero-order valence-corrected chi connectivity index (χ0v) is 36.3. The number of carbonyl (C=O) groups excluding carboxylic acids is 4. The van der Waals surface area contributed by atoms with Gasteiger partial charge in [-0.15, -0.1) is 0 Å². The van der Waals surface area contributed by atoms with Crippen LogP contribution in [0.25, 0.3) is 22.4 Å². The number of hydrogen-bond donors (Lipinski definition) is 5. The molecule has 3 atom stereocenters. The third-order valence-electron chi connectivity index (χ3n) is 11.2. The van der Waals surface area contributed by atoms with Crippen molar-refractivity contribution < 1.29 is 52.8 Å². The van der Waals surface area contributed by atoms with Crippen LogP contribution in [0.2, 0.25) is 0 Å². The molecule has 3 aliphatic heterocycles. The van der Waals surface area contributed by atoms with Gasteiger partial charge in [0.05, 0.1) is 42.0 Å². The number of imidazole rings is 2. The van der Waals surface area contributed by atoms with E-state index in [1.165, 1.54) is 36.1 Å². The topological polar surface area (TPSA) is 241 Å². The van der Waals surface area contributed by atoms with Gasteiger partial charge in [-0.3, -0.25) is 19.7 Å². The molecule has 5 amide bonds. The summed E-state index contributed by atoms with van der Waals surface area (Å²) in [5.74, 6) is -0.0808. The maximum Gasteiger partial charge on any atom is 0.414 e. The summed E-state index contributed by atoms with van der Waals surface area (Å²) in [5, 5.41) is 18.8. The number of aromatic nitrogens is 4. The smallest absolute Gasteiger partial charge is 0.414 e. The number of amides is 5. The maximum absolute atomic E-state index is 14.0. The number of carbonyl (C=O) groups is 5. The van der Waals surface area contributed by atoms with E-state index in [1.54, 1.807) is 54.4 Å². The Bertz CT molecular complexity index is 2690. The Labute approximate surface area is 378 Å². The number of carboxylic acid groups (broad SMARTS) is 1. The number of benzene rings is 3. The molecular formula is C46H49N9O11. The van der Waals surface area contributed by atoms with Gasteiger partial charge in [-0.05, 0) is 80.6 Å². The number of rotatable bonds is 15. The maximum atomic E-state index is 14.0. The minimum atomic E-state index is -1.32. The summed E-state index contributed by atoms with van der Waals surface area (Å²) in [6.45, 7) is 8.46. The number of nitrogens with zero attached hydrogens (tertiary/aromatic N) is 5. The molecule has 0 spiro atoms. The summed E-state index contributed by atoms with van der Waals surface area (Å²) < 4.78 is 30.3. The van der Waals surface area contributed by atoms with Crippen LogP contribution in [-0.2, 0) is 26.1 Å². The molecule has 2 fully saturated rings. The highest BCUT2D eigenvalue weighted by Gasteiger charge is 2.48. The van der Waals surface area contributed by atoms with Crippen molar-refractivity contribution in [3.8, 4) is 22.9 Å². The van der Waals surface area contributed by atoms with Crippen LogP contribution in [0.4, 0.5) is 32.5 Å². The Kier molecular flexibility index (Phi) is 13.3. The molecule has 20 nitrogen and oxygen atoms in total. The van der Waals surface area contributed by atoms with Crippen molar-refractivity contribution in [2.45, 2.75) is 57.1 Å². The number of hydrogen-bond acceptors (Lipinski definition) is 12. The standard InChI is InChI=1S/C46H49N9O11/c1-5-17-65-45(59)48-29-15-16-31-32(21-29)50-40(49-31)27-11-13-28(14-12-27)47-42(57)41-52-37(25-53(41)3)51-38(56)9-8-19-63-36-23-33-30(22-35(36)62-4)43(58)54-24-26(2)20-34(54)44(55(33)46(60)61)66-39-10-6-7-18-64-39/h5,11-16,21-23,25,34,39,44H,1-2,6-10,17-20,24H2,3-4H3,(H,47,57)(H,48,59)(H,49,50)(H,51,56)(H,60,61). The predicted octanol–water partition coefficient (Wildman–Crippen LogP) is 6.89. The molecule has 3 unspecified atom stereocenters. The third-order valence-corrected chi connectivity index (χ3v) is 11.2. The molecule has 66 heavy (non-hydrogen) atoms. The first-order chi connectivity index (χ1) is 31.9. The van der Waals surface area contributed by atoms with E-state index in [9.17, 15) is 29.1 Å². The Balaban J connectivity index is 0.864. The van der Waals surface area contributed by atoms with Gasteiger partial charge in [0.25, 0.3) is 11.8 Å². The van der Waals surface area contributed by atoms with Gasteiger partial charge in [-0.2, -0.15) is 0 Å². The summed E-state index contributed by atoms with van der Waals surface area (Å²) in [5.41, 5.74) is 4.14. The zero-order valence-electron chi connectivity index (χ0n) is 36.3. The van der Waals surface area contributed by atoms with Gasteiger partial charge in [0.2, 0.25) is 11.7 Å². The highest BCUT2D eigenvalue weighted by molar-refractivity contribution is 6.06. The summed E-state index contributed by atoms with van der Waals surface area (Å²) in [7, 11) is 3.05. The first-order valence-electron chi connectivity index (χ1n) is 21.3. The Morgan fingerprint density at radius 1 is 1.02 bits per heavy atom. The van der Waals surface area contributed by atoms with Crippen LogP contribution >= 0.6 is 0 Å². The molecule has 2 aromatic heterocycles. The highest BCUT2D eigenvalue weighted by Crippen LogP contribution is 2.43. The number of nitrogens with one attached hydrogen (secondary N) is 4. The largest absolute Gasteiger partial charge is 0.493 e. The number of aromatic amines is 1. The number of anilines is 4. The fraction of sp³-hybridized carbons (Fsp3) is 0.326. The molecule has 5 N–H and O–H groups in total. The highest BCUT2D eigenvalue weighted by atomic mass is 16.7. The Morgan fingerprint density at radius 2 is 1.82 bits per heavy atom. The molecule has 0 radical (unpaired) electrons. The first kappa shape index (κ1) is 44.9. The second-order valence-corrected chi connectivity index (χ2v) is 15.9. The molecule has 5 heterocycles. The van der Waals surface area contributed by atoms with Gasteiger partial charge in [-0.25, -0.2) is 24.5 Å². The second-order valence-electron chi connectivity index (χ2n) is 15.9. The van der Waals surface area contributed by atoms with Crippen molar-refractivity contribution >= 4 is 63.8 Å². The molecule has 3 aliphatic rings. The molecule has 0 saturated carbocycles. The molecule has 0 aliphatic carbocycles.